The Balaban J connectivity index is 2.05. The summed E-state index contributed by atoms with van der Waals surface area (Å²) in [6, 6.07) is 0. The second kappa shape index (κ2) is 4.82. The molecule has 2 aromatic rings. The number of nitrogen functional groups attached to an aromatic ring is 1. The second-order valence-corrected chi connectivity index (χ2v) is 3.81. The average Bonchev–Trinajstić information content (AvgIpc) is 2.66. The molecule has 2 heterocycles. The minimum absolute atomic E-state index is 0.182. The van der Waals surface area contributed by atoms with Crippen molar-refractivity contribution in [2.75, 3.05) is 5.73 Å². The third-order valence-electron chi connectivity index (χ3n) is 2.49. The normalized spacial score (nSPS) is 10.3. The number of anilines is 1. The highest BCUT2D eigenvalue weighted by molar-refractivity contribution is 5.92. The highest BCUT2D eigenvalue weighted by Crippen LogP contribution is 2.11. The molecule has 7 heteroatoms. The predicted molar refractivity (Wildman–Crippen MR) is 63.6 cm³/mol. The molecule has 2 aromatic heterocycles. The molecule has 0 aliphatic heterocycles. The number of nitrogens with two attached hydrogens (primary N) is 1. The van der Waals surface area contributed by atoms with Crippen LogP contribution in [0, 0.1) is 13.8 Å². The van der Waals surface area contributed by atoms with Gasteiger partial charge in [-0.15, -0.1) is 0 Å². The Morgan fingerprint density at radius 3 is 2.83 bits per heavy atom. The van der Waals surface area contributed by atoms with E-state index in [0.29, 0.717) is 12.3 Å². The van der Waals surface area contributed by atoms with Gasteiger partial charge in [-0.25, -0.2) is 4.98 Å². The van der Waals surface area contributed by atoms with Gasteiger partial charge >= 0.3 is 0 Å². The fourth-order valence-electron chi connectivity index (χ4n) is 1.50. The number of amides is 1. The second-order valence-electron chi connectivity index (χ2n) is 3.81. The van der Waals surface area contributed by atoms with E-state index in [9.17, 15) is 4.79 Å². The smallest absolute Gasteiger partial charge is 0.271 e. The Morgan fingerprint density at radius 2 is 2.22 bits per heavy atom. The molecule has 0 bridgehead atoms. The number of carbonyl (C=O) groups is 1. The van der Waals surface area contributed by atoms with Crippen molar-refractivity contribution in [3.8, 4) is 0 Å². The lowest BCUT2D eigenvalue weighted by molar-refractivity contribution is 0.0945. The molecule has 0 fully saturated rings. The fraction of sp³-hybridized carbons (Fsp3) is 0.273. The number of aryl methyl sites for hydroxylation is 2. The molecule has 1 amide bonds. The molecule has 0 aromatic carbocycles. The summed E-state index contributed by atoms with van der Waals surface area (Å²) in [7, 11) is 0. The van der Waals surface area contributed by atoms with E-state index < -0.39 is 0 Å². The van der Waals surface area contributed by atoms with E-state index in [1.807, 2.05) is 6.92 Å². The number of aromatic nitrogens is 3. The number of hydrogen-bond acceptors (Lipinski definition) is 6. The zero-order chi connectivity index (χ0) is 13.1. The van der Waals surface area contributed by atoms with Crippen molar-refractivity contribution >= 4 is 11.7 Å². The van der Waals surface area contributed by atoms with Gasteiger partial charge in [-0.3, -0.25) is 9.78 Å². The molecule has 0 unspecified atom stereocenters. The van der Waals surface area contributed by atoms with E-state index in [0.717, 1.165) is 11.3 Å². The molecular formula is C11H13N5O2. The van der Waals surface area contributed by atoms with E-state index in [1.165, 1.54) is 12.4 Å². The third kappa shape index (κ3) is 2.45. The molecule has 94 valence electrons. The van der Waals surface area contributed by atoms with Gasteiger partial charge in [0.05, 0.1) is 18.1 Å². The molecule has 7 nitrogen and oxygen atoms in total. The lowest BCUT2D eigenvalue weighted by Crippen LogP contribution is -2.24. The minimum Gasteiger partial charge on any atom is -0.382 e. The summed E-state index contributed by atoms with van der Waals surface area (Å²) in [6.45, 7) is 3.94. The maximum absolute atomic E-state index is 11.8. The van der Waals surface area contributed by atoms with E-state index in [1.54, 1.807) is 6.92 Å². The molecule has 0 saturated heterocycles. The van der Waals surface area contributed by atoms with Gasteiger partial charge in [-0.05, 0) is 13.8 Å². The fourth-order valence-corrected chi connectivity index (χ4v) is 1.50. The summed E-state index contributed by atoms with van der Waals surface area (Å²) in [5.74, 6) is 0.557. The summed E-state index contributed by atoms with van der Waals surface area (Å²) in [5, 5.41) is 6.52. The summed E-state index contributed by atoms with van der Waals surface area (Å²) < 4.78 is 5.00. The molecule has 0 aliphatic rings. The minimum atomic E-state index is -0.338. The van der Waals surface area contributed by atoms with Crippen LogP contribution in [0.15, 0.2) is 16.9 Å². The number of nitrogens with zero attached hydrogens (tertiary/aromatic N) is 3. The summed E-state index contributed by atoms with van der Waals surface area (Å²) >= 11 is 0. The highest BCUT2D eigenvalue weighted by atomic mass is 16.5. The van der Waals surface area contributed by atoms with Gasteiger partial charge in [0.25, 0.3) is 5.91 Å². The lowest BCUT2D eigenvalue weighted by Gasteiger charge is -2.04. The maximum Gasteiger partial charge on any atom is 0.271 e. The van der Waals surface area contributed by atoms with Crippen LogP contribution in [0.3, 0.4) is 0 Å². The quantitative estimate of drug-likeness (QED) is 0.822. The summed E-state index contributed by atoms with van der Waals surface area (Å²) in [6.07, 6.45) is 2.74. The number of nitrogens with one attached hydrogen (secondary N) is 1. The summed E-state index contributed by atoms with van der Waals surface area (Å²) in [4.78, 5) is 19.5. The van der Waals surface area contributed by atoms with Gasteiger partial charge in [0.1, 0.15) is 17.3 Å². The van der Waals surface area contributed by atoms with Crippen LogP contribution < -0.4 is 11.1 Å². The monoisotopic (exact) mass is 247 g/mol. The van der Waals surface area contributed by atoms with Gasteiger partial charge in [0.2, 0.25) is 0 Å². The Kier molecular flexibility index (Phi) is 3.22. The zero-order valence-electron chi connectivity index (χ0n) is 10.1. The largest absolute Gasteiger partial charge is 0.382 e. The first-order valence-corrected chi connectivity index (χ1v) is 5.35. The Labute approximate surface area is 103 Å². The first kappa shape index (κ1) is 12.0. The predicted octanol–water partition coefficient (Wildman–Crippen LogP) is 0.594. The summed E-state index contributed by atoms with van der Waals surface area (Å²) in [5.41, 5.74) is 7.26. The molecule has 18 heavy (non-hydrogen) atoms. The van der Waals surface area contributed by atoms with Crippen molar-refractivity contribution in [1.82, 2.24) is 20.4 Å². The van der Waals surface area contributed by atoms with Gasteiger partial charge in [-0.1, -0.05) is 5.16 Å². The number of hydrogen-bond donors (Lipinski definition) is 2. The Bertz CT molecular complexity index is 559. The van der Waals surface area contributed by atoms with Crippen molar-refractivity contribution in [2.24, 2.45) is 0 Å². The number of carbonyl (C=O) groups excluding carboxylic acids is 1. The standard InChI is InChI=1S/C11H13N5O2/c1-6-8(7(2)18-16-6)3-14-11(17)9-4-13-5-10(12)15-9/h4-5H,3H2,1-2H3,(H2,12,15)(H,14,17). The van der Waals surface area contributed by atoms with Crippen molar-refractivity contribution in [3.05, 3.63) is 35.1 Å². The van der Waals surface area contributed by atoms with E-state index in [4.69, 9.17) is 10.3 Å². The van der Waals surface area contributed by atoms with Crippen molar-refractivity contribution in [3.63, 3.8) is 0 Å². The van der Waals surface area contributed by atoms with Crippen LogP contribution in [0.25, 0.3) is 0 Å². The van der Waals surface area contributed by atoms with Gasteiger partial charge < -0.3 is 15.6 Å². The molecule has 0 aliphatic carbocycles. The third-order valence-corrected chi connectivity index (χ3v) is 2.49. The molecule has 0 spiro atoms. The molecule has 0 saturated carbocycles. The van der Waals surface area contributed by atoms with Crippen molar-refractivity contribution in [1.29, 1.82) is 0 Å². The van der Waals surface area contributed by atoms with Crippen LogP contribution in [-0.2, 0) is 6.54 Å². The molecule has 0 radical (unpaired) electrons. The van der Waals surface area contributed by atoms with Crippen molar-refractivity contribution < 1.29 is 9.32 Å². The Hall–Kier alpha value is -2.44. The molecular weight excluding hydrogens is 234 g/mol. The van der Waals surface area contributed by atoms with E-state index in [-0.39, 0.29) is 17.4 Å². The highest BCUT2D eigenvalue weighted by Gasteiger charge is 2.12. The van der Waals surface area contributed by atoms with Gasteiger partial charge in [-0.2, -0.15) is 0 Å². The van der Waals surface area contributed by atoms with Crippen LogP contribution in [0.2, 0.25) is 0 Å². The van der Waals surface area contributed by atoms with Crippen LogP contribution in [0.5, 0.6) is 0 Å². The van der Waals surface area contributed by atoms with Crippen LogP contribution in [-0.4, -0.2) is 21.0 Å². The SMILES string of the molecule is Cc1noc(C)c1CNC(=O)c1cncc(N)n1. The van der Waals surface area contributed by atoms with Crippen molar-refractivity contribution in [2.45, 2.75) is 20.4 Å². The zero-order valence-corrected chi connectivity index (χ0v) is 10.1. The molecule has 3 N–H and O–H groups in total. The maximum atomic E-state index is 11.8. The van der Waals surface area contributed by atoms with Crippen LogP contribution in [0.4, 0.5) is 5.82 Å². The van der Waals surface area contributed by atoms with Crippen LogP contribution in [0.1, 0.15) is 27.5 Å². The van der Waals surface area contributed by atoms with Gasteiger partial charge in [0.15, 0.2) is 0 Å². The van der Waals surface area contributed by atoms with Crippen LogP contribution >= 0.6 is 0 Å². The first-order chi connectivity index (χ1) is 8.58. The van der Waals surface area contributed by atoms with Gasteiger partial charge in [0, 0.05) is 12.1 Å². The van der Waals surface area contributed by atoms with E-state index in [2.05, 4.69) is 20.4 Å². The molecule has 2 rings (SSSR count). The van der Waals surface area contributed by atoms with E-state index >= 15 is 0 Å². The molecule has 0 atom stereocenters. The first-order valence-electron chi connectivity index (χ1n) is 5.35. The Morgan fingerprint density at radius 1 is 1.44 bits per heavy atom. The number of rotatable bonds is 3. The lowest BCUT2D eigenvalue weighted by atomic mass is 10.2. The topological polar surface area (TPSA) is 107 Å². The average molecular weight is 247 g/mol.